The number of nitrogens with zero attached hydrogens (tertiary/aromatic N) is 1. The topological polar surface area (TPSA) is 106 Å². The third kappa shape index (κ3) is 3.25. The number of aliphatic hydroxyl groups excluding tert-OH is 1. The molecule has 0 amide bonds. The fourth-order valence-electron chi connectivity index (χ4n) is 1.18. The van der Waals surface area contributed by atoms with Gasteiger partial charge in [-0.1, -0.05) is 6.92 Å². The van der Waals surface area contributed by atoms with E-state index in [9.17, 15) is 13.2 Å². The van der Waals surface area contributed by atoms with Crippen molar-refractivity contribution < 1.29 is 23.1 Å². The number of nitrogens with one attached hydrogen (secondary N) is 1. The summed E-state index contributed by atoms with van der Waals surface area (Å²) >= 11 is 0.819. The van der Waals surface area contributed by atoms with Gasteiger partial charge in [-0.2, -0.15) is 0 Å². The summed E-state index contributed by atoms with van der Waals surface area (Å²) in [4.78, 5) is 15.0. The quantitative estimate of drug-likeness (QED) is 0.714. The lowest BCUT2D eigenvalue weighted by Gasteiger charge is -2.13. The maximum Gasteiger partial charge on any atom is 0.358 e. The van der Waals surface area contributed by atoms with Crippen molar-refractivity contribution in [1.82, 2.24) is 9.71 Å². The summed E-state index contributed by atoms with van der Waals surface area (Å²) in [6.07, 6.45) is 0.433. The molecule has 2 N–H and O–H groups in total. The number of aromatic nitrogens is 1. The van der Waals surface area contributed by atoms with Gasteiger partial charge >= 0.3 is 5.97 Å². The molecule has 0 saturated carbocycles. The molecule has 0 bridgehead atoms. The Morgan fingerprint density at radius 1 is 1.67 bits per heavy atom. The number of thiazole rings is 1. The van der Waals surface area contributed by atoms with Crippen molar-refractivity contribution in [2.45, 2.75) is 23.6 Å². The summed E-state index contributed by atoms with van der Waals surface area (Å²) in [5, 5.41) is 8.98. The van der Waals surface area contributed by atoms with Crippen LogP contribution in [-0.2, 0) is 14.8 Å². The number of aliphatic hydroxyl groups is 1. The van der Waals surface area contributed by atoms with Gasteiger partial charge in [0, 0.05) is 6.04 Å². The van der Waals surface area contributed by atoms with E-state index in [1.165, 1.54) is 5.51 Å². The normalized spacial score (nSPS) is 13.3. The van der Waals surface area contributed by atoms with E-state index in [4.69, 9.17) is 5.11 Å². The molecule has 9 heteroatoms. The van der Waals surface area contributed by atoms with Gasteiger partial charge in [0.1, 0.15) is 0 Å². The van der Waals surface area contributed by atoms with Crippen LogP contribution in [-0.4, -0.2) is 44.2 Å². The van der Waals surface area contributed by atoms with Crippen molar-refractivity contribution in [3.8, 4) is 0 Å². The van der Waals surface area contributed by atoms with E-state index in [2.05, 4.69) is 14.4 Å². The van der Waals surface area contributed by atoms with Crippen LogP contribution in [0.4, 0.5) is 0 Å². The first kappa shape index (κ1) is 15.0. The summed E-state index contributed by atoms with van der Waals surface area (Å²) in [7, 11) is -2.73. The molecule has 1 aromatic rings. The van der Waals surface area contributed by atoms with Crippen molar-refractivity contribution in [1.29, 1.82) is 0 Å². The second kappa shape index (κ2) is 6.23. The van der Waals surface area contributed by atoms with Gasteiger partial charge in [0.05, 0.1) is 19.2 Å². The summed E-state index contributed by atoms with van der Waals surface area (Å²) in [6, 6.07) is -0.595. The molecule has 0 spiro atoms. The van der Waals surface area contributed by atoms with Gasteiger partial charge in [-0.25, -0.2) is 22.9 Å². The molecular formula is C9H14N2O5S2. The zero-order chi connectivity index (χ0) is 13.8. The highest BCUT2D eigenvalue weighted by atomic mass is 32.2. The molecular weight excluding hydrogens is 280 g/mol. The highest BCUT2D eigenvalue weighted by molar-refractivity contribution is 7.91. The standard InChI is InChI=1S/C9H14N2O5S2/c1-3-6(4-12)11-18(14,15)9-7(8(13)16-2)10-5-17-9/h5-6,11-12H,3-4H2,1-2H3/t6-/m0/s1. The zero-order valence-electron chi connectivity index (χ0n) is 9.91. The van der Waals surface area contributed by atoms with E-state index in [0.29, 0.717) is 6.42 Å². The fraction of sp³-hybridized carbons (Fsp3) is 0.556. The Kier molecular flexibility index (Phi) is 5.20. The Labute approximate surface area is 109 Å². The Hall–Kier alpha value is -1.03. The first-order valence-corrected chi connectivity index (χ1v) is 7.47. The minimum absolute atomic E-state index is 0.207. The Morgan fingerprint density at radius 3 is 2.83 bits per heavy atom. The molecule has 1 rings (SSSR count). The van der Waals surface area contributed by atoms with Gasteiger partial charge in [-0.15, -0.1) is 11.3 Å². The molecule has 0 aliphatic heterocycles. The van der Waals surface area contributed by atoms with E-state index in [-0.39, 0.29) is 16.5 Å². The molecule has 0 aromatic carbocycles. The Morgan fingerprint density at radius 2 is 2.33 bits per heavy atom. The summed E-state index contributed by atoms with van der Waals surface area (Å²) in [6.45, 7) is 1.42. The van der Waals surface area contributed by atoms with Crippen molar-refractivity contribution in [2.75, 3.05) is 13.7 Å². The van der Waals surface area contributed by atoms with Crippen LogP contribution in [0.5, 0.6) is 0 Å². The van der Waals surface area contributed by atoms with Crippen molar-refractivity contribution in [3.63, 3.8) is 0 Å². The smallest absolute Gasteiger partial charge is 0.358 e. The van der Waals surface area contributed by atoms with Gasteiger partial charge in [0.25, 0.3) is 10.0 Å². The number of carbonyl (C=O) groups is 1. The van der Waals surface area contributed by atoms with Crippen molar-refractivity contribution in [2.24, 2.45) is 0 Å². The van der Waals surface area contributed by atoms with Crippen LogP contribution < -0.4 is 4.72 Å². The van der Waals surface area contributed by atoms with E-state index < -0.39 is 22.0 Å². The molecule has 1 atom stereocenters. The molecule has 0 aliphatic rings. The lowest BCUT2D eigenvalue weighted by atomic mass is 10.3. The lowest BCUT2D eigenvalue weighted by Crippen LogP contribution is -2.37. The molecule has 102 valence electrons. The molecule has 1 heterocycles. The number of esters is 1. The SMILES string of the molecule is CC[C@@H](CO)NS(=O)(=O)c1scnc1C(=O)OC. The average molecular weight is 294 g/mol. The zero-order valence-corrected chi connectivity index (χ0v) is 11.5. The number of carbonyl (C=O) groups excluding carboxylic acids is 1. The minimum Gasteiger partial charge on any atom is -0.464 e. The first-order chi connectivity index (χ1) is 8.46. The van der Waals surface area contributed by atoms with Gasteiger partial charge in [-0.05, 0) is 6.42 Å². The van der Waals surface area contributed by atoms with Gasteiger partial charge < -0.3 is 9.84 Å². The van der Waals surface area contributed by atoms with Gasteiger partial charge in [-0.3, -0.25) is 0 Å². The molecule has 7 nitrogen and oxygen atoms in total. The van der Waals surface area contributed by atoms with Crippen LogP contribution in [0.15, 0.2) is 9.72 Å². The number of sulfonamides is 1. The van der Waals surface area contributed by atoms with E-state index in [1.807, 2.05) is 0 Å². The van der Waals surface area contributed by atoms with E-state index >= 15 is 0 Å². The molecule has 0 unspecified atom stereocenters. The Balaban J connectivity index is 3.06. The van der Waals surface area contributed by atoms with Crippen LogP contribution in [0, 0.1) is 0 Å². The molecule has 0 radical (unpaired) electrons. The number of rotatable bonds is 6. The first-order valence-electron chi connectivity index (χ1n) is 5.11. The summed E-state index contributed by atoms with van der Waals surface area (Å²) < 4.78 is 30.6. The highest BCUT2D eigenvalue weighted by Crippen LogP contribution is 2.21. The second-order valence-electron chi connectivity index (χ2n) is 3.39. The number of hydrogen-bond acceptors (Lipinski definition) is 7. The monoisotopic (exact) mass is 294 g/mol. The molecule has 0 aliphatic carbocycles. The average Bonchev–Trinajstić information content (AvgIpc) is 2.85. The van der Waals surface area contributed by atoms with E-state index in [1.54, 1.807) is 6.92 Å². The van der Waals surface area contributed by atoms with Crippen LogP contribution in [0.25, 0.3) is 0 Å². The largest absolute Gasteiger partial charge is 0.464 e. The van der Waals surface area contributed by atoms with Gasteiger partial charge in [0.2, 0.25) is 0 Å². The van der Waals surface area contributed by atoms with Crippen molar-refractivity contribution >= 4 is 27.3 Å². The Bertz CT molecular complexity index is 507. The highest BCUT2D eigenvalue weighted by Gasteiger charge is 2.28. The minimum atomic E-state index is -3.88. The molecule has 18 heavy (non-hydrogen) atoms. The predicted molar refractivity (Wildman–Crippen MR) is 64.9 cm³/mol. The summed E-state index contributed by atoms with van der Waals surface area (Å²) in [5.74, 6) is -0.811. The number of methoxy groups -OCH3 is 1. The molecule has 1 aromatic heterocycles. The van der Waals surface area contributed by atoms with Crippen molar-refractivity contribution in [3.05, 3.63) is 11.2 Å². The fourth-order valence-corrected chi connectivity index (χ4v) is 3.64. The number of ether oxygens (including phenoxy) is 1. The third-order valence-electron chi connectivity index (χ3n) is 2.19. The van der Waals surface area contributed by atoms with Crippen LogP contribution >= 0.6 is 11.3 Å². The maximum absolute atomic E-state index is 12.0. The summed E-state index contributed by atoms with van der Waals surface area (Å²) in [5.41, 5.74) is 1.00. The van der Waals surface area contributed by atoms with Crippen LogP contribution in [0.2, 0.25) is 0 Å². The molecule has 0 fully saturated rings. The maximum atomic E-state index is 12.0. The van der Waals surface area contributed by atoms with Gasteiger partial charge in [0.15, 0.2) is 9.90 Å². The second-order valence-corrected chi connectivity index (χ2v) is 6.15. The van der Waals surface area contributed by atoms with Crippen LogP contribution in [0.1, 0.15) is 23.8 Å². The van der Waals surface area contributed by atoms with Crippen LogP contribution in [0.3, 0.4) is 0 Å². The predicted octanol–water partition coefficient (Wildman–Crippen LogP) is -0.0211. The number of hydrogen-bond donors (Lipinski definition) is 2. The third-order valence-corrected chi connectivity index (χ3v) is 5.08. The lowest BCUT2D eigenvalue weighted by molar-refractivity contribution is 0.0590. The molecule has 0 saturated heterocycles. The van der Waals surface area contributed by atoms with E-state index in [0.717, 1.165) is 18.4 Å².